The zero-order valence-electron chi connectivity index (χ0n) is 11.5. The number of aromatic nitrogens is 2. The zero-order valence-corrected chi connectivity index (χ0v) is 11.5. The van der Waals surface area contributed by atoms with Gasteiger partial charge in [0.05, 0.1) is 29.7 Å². The van der Waals surface area contributed by atoms with Crippen molar-refractivity contribution in [3.8, 4) is 5.69 Å². The van der Waals surface area contributed by atoms with Crippen molar-refractivity contribution in [1.82, 2.24) is 9.78 Å². The van der Waals surface area contributed by atoms with Gasteiger partial charge < -0.3 is 10.5 Å². The molecule has 0 aliphatic rings. The molecule has 2 aromatic rings. The molecule has 0 aliphatic carbocycles. The van der Waals surface area contributed by atoms with Gasteiger partial charge in [0.25, 0.3) is 0 Å². The van der Waals surface area contributed by atoms with E-state index in [0.29, 0.717) is 11.3 Å². The van der Waals surface area contributed by atoms with Gasteiger partial charge in [0, 0.05) is 5.69 Å². The molecule has 0 fully saturated rings. The molecule has 19 heavy (non-hydrogen) atoms. The van der Waals surface area contributed by atoms with Crippen LogP contribution in [0.4, 0.5) is 5.69 Å². The Morgan fingerprint density at radius 3 is 2.47 bits per heavy atom. The Morgan fingerprint density at radius 1 is 1.32 bits per heavy atom. The predicted octanol–water partition coefficient (Wildman–Crippen LogP) is 2.17. The molecule has 0 bridgehead atoms. The molecule has 0 atom stereocenters. The molecule has 5 nitrogen and oxygen atoms in total. The lowest BCUT2D eigenvalue weighted by atomic mass is 10.1. The number of anilines is 1. The topological polar surface area (TPSA) is 70.1 Å². The van der Waals surface area contributed by atoms with Crippen LogP contribution < -0.4 is 5.73 Å². The Hall–Kier alpha value is -2.30. The standard InChI is InChI=1S/C14H17N3O2/c1-8-9(2)16-17(10(8)3)13-6-5-11(7-12(13)15)14(18)19-4/h5-7H,15H2,1-4H3. The summed E-state index contributed by atoms with van der Waals surface area (Å²) in [5, 5.41) is 4.46. The molecule has 2 N–H and O–H groups in total. The van der Waals surface area contributed by atoms with Gasteiger partial charge >= 0.3 is 5.97 Å². The molecular formula is C14H17N3O2. The summed E-state index contributed by atoms with van der Waals surface area (Å²) in [7, 11) is 1.34. The second-order valence-corrected chi connectivity index (χ2v) is 4.47. The van der Waals surface area contributed by atoms with Gasteiger partial charge in [-0.15, -0.1) is 0 Å². The zero-order chi connectivity index (χ0) is 14.2. The minimum absolute atomic E-state index is 0.400. The fourth-order valence-electron chi connectivity index (χ4n) is 1.95. The number of nitrogens with two attached hydrogens (primary N) is 1. The minimum atomic E-state index is -0.400. The highest BCUT2D eigenvalue weighted by molar-refractivity contribution is 5.91. The average Bonchev–Trinajstić information content (AvgIpc) is 2.65. The van der Waals surface area contributed by atoms with E-state index in [0.717, 1.165) is 22.6 Å². The third-order valence-corrected chi connectivity index (χ3v) is 3.33. The number of benzene rings is 1. The third-order valence-electron chi connectivity index (χ3n) is 3.33. The van der Waals surface area contributed by atoms with E-state index < -0.39 is 5.97 Å². The number of hydrogen-bond donors (Lipinski definition) is 1. The first-order valence-electron chi connectivity index (χ1n) is 5.96. The Bertz CT molecular complexity index is 644. The van der Waals surface area contributed by atoms with Crippen molar-refractivity contribution in [1.29, 1.82) is 0 Å². The maximum Gasteiger partial charge on any atom is 0.337 e. The van der Waals surface area contributed by atoms with Gasteiger partial charge in [-0.2, -0.15) is 5.10 Å². The largest absolute Gasteiger partial charge is 0.465 e. The van der Waals surface area contributed by atoms with Crippen LogP contribution in [0.3, 0.4) is 0 Å². The molecule has 0 saturated carbocycles. The summed E-state index contributed by atoms with van der Waals surface area (Å²) < 4.78 is 6.46. The number of hydrogen-bond acceptors (Lipinski definition) is 4. The van der Waals surface area contributed by atoms with Gasteiger partial charge in [-0.1, -0.05) is 0 Å². The van der Waals surface area contributed by atoms with Crippen LogP contribution >= 0.6 is 0 Å². The van der Waals surface area contributed by atoms with E-state index in [1.807, 2.05) is 20.8 Å². The third kappa shape index (κ3) is 2.19. The Labute approximate surface area is 112 Å². The lowest BCUT2D eigenvalue weighted by molar-refractivity contribution is 0.0601. The van der Waals surface area contributed by atoms with E-state index in [4.69, 9.17) is 5.73 Å². The molecule has 1 aromatic carbocycles. The molecule has 0 unspecified atom stereocenters. The van der Waals surface area contributed by atoms with Crippen molar-refractivity contribution in [3.63, 3.8) is 0 Å². The maximum atomic E-state index is 11.4. The molecular weight excluding hydrogens is 242 g/mol. The number of nitrogen functional groups attached to an aromatic ring is 1. The van der Waals surface area contributed by atoms with E-state index in [2.05, 4.69) is 9.84 Å². The van der Waals surface area contributed by atoms with Crippen molar-refractivity contribution in [2.75, 3.05) is 12.8 Å². The van der Waals surface area contributed by atoms with Crippen molar-refractivity contribution in [2.24, 2.45) is 0 Å². The highest BCUT2D eigenvalue weighted by Crippen LogP contribution is 2.23. The summed E-state index contributed by atoms with van der Waals surface area (Å²) >= 11 is 0. The Morgan fingerprint density at radius 2 is 2.00 bits per heavy atom. The molecule has 0 aliphatic heterocycles. The van der Waals surface area contributed by atoms with Gasteiger partial charge in [0.15, 0.2) is 0 Å². The summed E-state index contributed by atoms with van der Waals surface area (Å²) in [6.07, 6.45) is 0. The number of ether oxygens (including phenoxy) is 1. The average molecular weight is 259 g/mol. The summed E-state index contributed by atoms with van der Waals surface area (Å²) in [6.45, 7) is 5.97. The van der Waals surface area contributed by atoms with Crippen LogP contribution in [0.2, 0.25) is 0 Å². The van der Waals surface area contributed by atoms with Gasteiger partial charge in [-0.05, 0) is 44.5 Å². The first-order valence-corrected chi connectivity index (χ1v) is 5.96. The monoisotopic (exact) mass is 259 g/mol. The van der Waals surface area contributed by atoms with Crippen molar-refractivity contribution >= 4 is 11.7 Å². The number of carbonyl (C=O) groups is 1. The van der Waals surface area contributed by atoms with Gasteiger partial charge in [0.2, 0.25) is 0 Å². The first-order chi connectivity index (χ1) is 8.95. The molecule has 0 radical (unpaired) electrons. The van der Waals surface area contributed by atoms with E-state index in [9.17, 15) is 4.79 Å². The smallest absolute Gasteiger partial charge is 0.337 e. The quantitative estimate of drug-likeness (QED) is 0.662. The molecule has 0 spiro atoms. The lowest BCUT2D eigenvalue weighted by Crippen LogP contribution is -2.07. The second-order valence-electron chi connectivity index (χ2n) is 4.47. The number of aryl methyl sites for hydroxylation is 1. The number of rotatable bonds is 2. The van der Waals surface area contributed by atoms with Crippen LogP contribution in [0.5, 0.6) is 0 Å². The second kappa shape index (κ2) is 4.76. The molecule has 0 amide bonds. The Balaban J connectivity index is 2.52. The summed E-state index contributed by atoms with van der Waals surface area (Å²) in [4.78, 5) is 11.4. The van der Waals surface area contributed by atoms with E-state index in [-0.39, 0.29) is 0 Å². The number of esters is 1. The van der Waals surface area contributed by atoms with E-state index >= 15 is 0 Å². The fourth-order valence-corrected chi connectivity index (χ4v) is 1.95. The van der Waals surface area contributed by atoms with Gasteiger partial charge in [-0.25, -0.2) is 9.48 Å². The van der Waals surface area contributed by atoms with Crippen molar-refractivity contribution in [2.45, 2.75) is 20.8 Å². The molecule has 0 saturated heterocycles. The molecule has 1 heterocycles. The van der Waals surface area contributed by atoms with E-state index in [1.54, 1.807) is 22.9 Å². The van der Waals surface area contributed by atoms with Gasteiger partial charge in [0.1, 0.15) is 0 Å². The Kier molecular flexibility index (Phi) is 3.29. The van der Waals surface area contributed by atoms with Crippen LogP contribution in [-0.2, 0) is 4.74 Å². The lowest BCUT2D eigenvalue weighted by Gasteiger charge is -2.09. The van der Waals surface area contributed by atoms with Crippen molar-refractivity contribution < 1.29 is 9.53 Å². The number of nitrogens with zero attached hydrogens (tertiary/aromatic N) is 2. The first kappa shape index (κ1) is 13.1. The van der Waals surface area contributed by atoms with Gasteiger partial charge in [-0.3, -0.25) is 0 Å². The van der Waals surface area contributed by atoms with Crippen LogP contribution in [-0.4, -0.2) is 22.9 Å². The maximum absolute atomic E-state index is 11.4. The predicted molar refractivity (Wildman–Crippen MR) is 73.5 cm³/mol. The molecule has 1 aromatic heterocycles. The van der Waals surface area contributed by atoms with Crippen LogP contribution in [0, 0.1) is 20.8 Å². The summed E-state index contributed by atoms with van der Waals surface area (Å²) in [6, 6.07) is 5.07. The summed E-state index contributed by atoms with van der Waals surface area (Å²) in [5.74, 6) is -0.400. The minimum Gasteiger partial charge on any atom is -0.465 e. The summed E-state index contributed by atoms with van der Waals surface area (Å²) in [5.41, 5.74) is 10.8. The van der Waals surface area contributed by atoms with Crippen molar-refractivity contribution in [3.05, 3.63) is 40.7 Å². The normalized spacial score (nSPS) is 10.5. The molecule has 100 valence electrons. The van der Waals surface area contributed by atoms with Crippen LogP contribution in [0.25, 0.3) is 5.69 Å². The fraction of sp³-hybridized carbons (Fsp3) is 0.286. The molecule has 2 rings (SSSR count). The van der Waals surface area contributed by atoms with E-state index in [1.165, 1.54) is 7.11 Å². The number of carbonyl (C=O) groups excluding carboxylic acids is 1. The highest BCUT2D eigenvalue weighted by atomic mass is 16.5. The number of methoxy groups -OCH3 is 1. The highest BCUT2D eigenvalue weighted by Gasteiger charge is 2.13. The van der Waals surface area contributed by atoms with Crippen LogP contribution in [0.1, 0.15) is 27.3 Å². The molecule has 5 heteroatoms. The van der Waals surface area contributed by atoms with Crippen LogP contribution in [0.15, 0.2) is 18.2 Å². The SMILES string of the molecule is COC(=O)c1ccc(-n2nc(C)c(C)c2C)c(N)c1.